The van der Waals surface area contributed by atoms with E-state index in [1.807, 2.05) is 5.32 Å². The summed E-state index contributed by atoms with van der Waals surface area (Å²) >= 11 is 0. The number of benzene rings is 2. The average molecular weight is 411 g/mol. The van der Waals surface area contributed by atoms with Gasteiger partial charge in [-0.3, -0.25) is 9.59 Å². The number of carbonyl (C=O) groups excluding carboxylic acids is 3. The summed E-state index contributed by atoms with van der Waals surface area (Å²) in [5, 5.41) is 1.99. The molecule has 0 aromatic heterocycles. The number of rotatable bonds is 7. The monoisotopic (exact) mass is 411 g/mol. The van der Waals surface area contributed by atoms with E-state index >= 15 is 0 Å². The number of nitrogens with one attached hydrogen (secondary N) is 1. The van der Waals surface area contributed by atoms with Crippen molar-refractivity contribution in [3.05, 3.63) is 52.8 Å². The highest BCUT2D eigenvalue weighted by molar-refractivity contribution is 6.03. The molecule has 1 amide bonds. The Balaban J connectivity index is 2.24. The van der Waals surface area contributed by atoms with Crippen molar-refractivity contribution in [3.63, 3.8) is 0 Å². The third-order valence-corrected chi connectivity index (χ3v) is 3.86. The molecule has 0 aliphatic carbocycles. The van der Waals surface area contributed by atoms with Gasteiger partial charge in [0.1, 0.15) is 5.56 Å². The molecular formula is C19H16F3NO6. The first kappa shape index (κ1) is 21.7. The van der Waals surface area contributed by atoms with Gasteiger partial charge in [-0.1, -0.05) is 0 Å². The smallest absolute Gasteiger partial charge is 0.343 e. The Morgan fingerprint density at radius 3 is 2.31 bits per heavy atom. The molecule has 2 aromatic rings. The minimum absolute atomic E-state index is 0.0769. The maximum absolute atomic E-state index is 13.7. The predicted octanol–water partition coefficient (Wildman–Crippen LogP) is 3.12. The average Bonchev–Trinajstić information content (AvgIpc) is 2.72. The van der Waals surface area contributed by atoms with E-state index in [1.165, 1.54) is 26.4 Å². The number of carbonyl (C=O) groups is 3. The first-order valence-electron chi connectivity index (χ1n) is 8.10. The van der Waals surface area contributed by atoms with Crippen molar-refractivity contribution in [1.29, 1.82) is 0 Å². The van der Waals surface area contributed by atoms with Gasteiger partial charge < -0.3 is 19.5 Å². The topological polar surface area (TPSA) is 90.9 Å². The highest BCUT2D eigenvalue weighted by Gasteiger charge is 2.27. The summed E-state index contributed by atoms with van der Waals surface area (Å²) in [7, 11) is 2.56. The van der Waals surface area contributed by atoms with Gasteiger partial charge in [-0.15, -0.1) is 0 Å². The van der Waals surface area contributed by atoms with E-state index in [-0.39, 0.29) is 22.6 Å². The summed E-state index contributed by atoms with van der Waals surface area (Å²) in [5.74, 6) is -6.83. The fraction of sp³-hybridized carbons (Fsp3) is 0.211. The summed E-state index contributed by atoms with van der Waals surface area (Å²) in [6.45, 7) is 1.16. The van der Waals surface area contributed by atoms with E-state index < -0.39 is 41.1 Å². The summed E-state index contributed by atoms with van der Waals surface area (Å²) in [4.78, 5) is 36.0. The lowest BCUT2D eigenvalue weighted by Gasteiger charge is -2.17. The first-order valence-corrected chi connectivity index (χ1v) is 8.10. The minimum Gasteiger partial charge on any atom is -0.493 e. The van der Waals surface area contributed by atoms with E-state index in [1.54, 1.807) is 0 Å². The maximum Gasteiger partial charge on any atom is 0.343 e. The molecule has 7 nitrogen and oxygen atoms in total. The molecule has 29 heavy (non-hydrogen) atoms. The van der Waals surface area contributed by atoms with Gasteiger partial charge in [0.25, 0.3) is 5.91 Å². The van der Waals surface area contributed by atoms with Crippen LogP contribution < -0.4 is 14.8 Å². The van der Waals surface area contributed by atoms with Gasteiger partial charge in [-0.25, -0.2) is 18.0 Å². The summed E-state index contributed by atoms with van der Waals surface area (Å²) in [5.41, 5.74) is -0.989. The molecule has 2 aromatic carbocycles. The van der Waals surface area contributed by atoms with Gasteiger partial charge in [0.15, 0.2) is 41.3 Å². The molecule has 0 bridgehead atoms. The van der Waals surface area contributed by atoms with Crippen LogP contribution in [-0.4, -0.2) is 38.5 Å². The third kappa shape index (κ3) is 4.48. The number of aldehydes is 1. The lowest BCUT2D eigenvalue weighted by atomic mass is 10.1. The lowest BCUT2D eigenvalue weighted by molar-refractivity contribution is -0.123. The molecule has 10 heteroatoms. The molecule has 0 aliphatic rings. The zero-order valence-corrected chi connectivity index (χ0v) is 15.5. The van der Waals surface area contributed by atoms with Crippen LogP contribution in [-0.2, 0) is 9.53 Å². The second kappa shape index (κ2) is 9.09. The van der Waals surface area contributed by atoms with E-state index in [0.29, 0.717) is 12.4 Å². The molecule has 0 spiro atoms. The Morgan fingerprint density at radius 1 is 1.03 bits per heavy atom. The number of halogens is 3. The maximum atomic E-state index is 13.7. The normalized spacial score (nSPS) is 11.4. The van der Waals surface area contributed by atoms with Crippen molar-refractivity contribution in [2.24, 2.45) is 0 Å². The second-order valence-electron chi connectivity index (χ2n) is 5.64. The Labute approximate surface area is 163 Å². The highest BCUT2D eigenvalue weighted by atomic mass is 19.2. The lowest BCUT2D eigenvalue weighted by Crippen LogP contribution is -2.31. The Morgan fingerprint density at radius 2 is 1.72 bits per heavy atom. The first-order chi connectivity index (χ1) is 13.7. The molecule has 1 N–H and O–H groups in total. The SMILES string of the molecule is COc1ccc(C=O)c(C(=O)O[C@H](C)C(=O)Nc2ccc(F)c(F)c2F)c1OC. The summed E-state index contributed by atoms with van der Waals surface area (Å²) in [6.07, 6.45) is -1.09. The minimum atomic E-state index is -1.76. The van der Waals surface area contributed by atoms with Crippen LogP contribution in [0.3, 0.4) is 0 Å². The molecule has 0 unspecified atom stereocenters. The van der Waals surface area contributed by atoms with Gasteiger partial charge in [0.2, 0.25) is 0 Å². The number of hydrogen-bond donors (Lipinski definition) is 1. The van der Waals surface area contributed by atoms with Crippen molar-refractivity contribution in [2.45, 2.75) is 13.0 Å². The quantitative estimate of drug-likeness (QED) is 0.428. The molecule has 0 heterocycles. The van der Waals surface area contributed by atoms with Crippen LogP contribution in [0.1, 0.15) is 27.6 Å². The van der Waals surface area contributed by atoms with Crippen LogP contribution in [0.15, 0.2) is 24.3 Å². The number of anilines is 1. The molecule has 2 rings (SSSR count). The molecule has 0 saturated carbocycles. The van der Waals surface area contributed by atoms with Gasteiger partial charge in [0, 0.05) is 5.56 Å². The number of amides is 1. The number of esters is 1. The molecule has 1 atom stereocenters. The number of methoxy groups -OCH3 is 2. The van der Waals surface area contributed by atoms with Crippen molar-refractivity contribution in [1.82, 2.24) is 0 Å². The van der Waals surface area contributed by atoms with Crippen molar-refractivity contribution in [2.75, 3.05) is 19.5 Å². The fourth-order valence-corrected chi connectivity index (χ4v) is 2.38. The van der Waals surface area contributed by atoms with E-state index in [2.05, 4.69) is 0 Å². The van der Waals surface area contributed by atoms with Crippen LogP contribution in [0.2, 0.25) is 0 Å². The standard InChI is InChI=1S/C19H16F3NO6/c1-9(18(25)23-12-6-5-11(20)15(21)16(12)22)29-19(26)14-10(8-24)4-7-13(27-2)17(14)28-3/h4-9H,1-3H3,(H,23,25)/t9-/m1/s1. The van der Waals surface area contributed by atoms with Crippen LogP contribution in [0, 0.1) is 17.5 Å². The molecule has 0 fully saturated rings. The molecular weight excluding hydrogens is 395 g/mol. The van der Waals surface area contributed by atoms with Crippen molar-refractivity contribution >= 4 is 23.9 Å². The predicted molar refractivity (Wildman–Crippen MR) is 94.8 cm³/mol. The van der Waals surface area contributed by atoms with Gasteiger partial charge >= 0.3 is 5.97 Å². The van der Waals surface area contributed by atoms with Gasteiger partial charge in [-0.05, 0) is 31.2 Å². The third-order valence-electron chi connectivity index (χ3n) is 3.86. The van der Waals surface area contributed by atoms with E-state index in [9.17, 15) is 27.6 Å². The van der Waals surface area contributed by atoms with Gasteiger partial charge in [-0.2, -0.15) is 0 Å². The Kier molecular flexibility index (Phi) is 6.81. The Hall–Kier alpha value is -3.56. The van der Waals surface area contributed by atoms with Crippen LogP contribution >= 0.6 is 0 Å². The van der Waals surface area contributed by atoms with E-state index in [0.717, 1.165) is 13.0 Å². The van der Waals surface area contributed by atoms with Gasteiger partial charge in [0.05, 0.1) is 19.9 Å². The number of hydrogen-bond acceptors (Lipinski definition) is 6. The zero-order chi connectivity index (χ0) is 21.7. The van der Waals surface area contributed by atoms with Crippen LogP contribution in [0.5, 0.6) is 11.5 Å². The van der Waals surface area contributed by atoms with E-state index in [4.69, 9.17) is 14.2 Å². The molecule has 0 aliphatic heterocycles. The second-order valence-corrected chi connectivity index (χ2v) is 5.64. The van der Waals surface area contributed by atoms with Crippen molar-refractivity contribution in [3.8, 4) is 11.5 Å². The summed E-state index contributed by atoms with van der Waals surface area (Å²) in [6, 6.07) is 4.14. The fourth-order valence-electron chi connectivity index (χ4n) is 2.38. The van der Waals surface area contributed by atoms with Crippen molar-refractivity contribution < 1.29 is 41.8 Å². The summed E-state index contributed by atoms with van der Waals surface area (Å²) < 4.78 is 55.1. The van der Waals surface area contributed by atoms with Crippen LogP contribution in [0.25, 0.3) is 0 Å². The zero-order valence-electron chi connectivity index (χ0n) is 15.5. The van der Waals surface area contributed by atoms with Crippen LogP contribution in [0.4, 0.5) is 18.9 Å². The molecule has 154 valence electrons. The molecule has 0 radical (unpaired) electrons. The highest BCUT2D eigenvalue weighted by Crippen LogP contribution is 2.33. The number of ether oxygens (including phenoxy) is 3. The molecule has 0 saturated heterocycles. The largest absolute Gasteiger partial charge is 0.493 e. The Bertz CT molecular complexity index is 963.